The molecule has 0 saturated heterocycles. The quantitative estimate of drug-likeness (QED) is 0.867. The van der Waals surface area contributed by atoms with Gasteiger partial charge in [-0.25, -0.2) is 0 Å². The predicted molar refractivity (Wildman–Crippen MR) is 75.0 cm³/mol. The first kappa shape index (κ1) is 14.3. The number of aromatic nitrogens is 2. The van der Waals surface area contributed by atoms with Crippen molar-refractivity contribution in [2.24, 2.45) is 5.73 Å². The van der Waals surface area contributed by atoms with E-state index in [0.29, 0.717) is 11.4 Å². The molecule has 2 unspecified atom stereocenters. The number of halogens is 1. The molecule has 0 radical (unpaired) electrons. The fourth-order valence-corrected chi connectivity index (χ4v) is 2.97. The molecule has 0 aliphatic heterocycles. The second kappa shape index (κ2) is 5.92. The van der Waals surface area contributed by atoms with Crippen molar-refractivity contribution in [1.82, 2.24) is 15.1 Å². The van der Waals surface area contributed by atoms with Crippen LogP contribution in [0.1, 0.15) is 45.1 Å². The first-order valence-corrected chi connectivity index (χ1v) is 7.20. The number of nitrogens with one attached hydrogen (secondary N) is 1. The molecule has 6 heteroatoms. The zero-order chi connectivity index (χ0) is 13.9. The van der Waals surface area contributed by atoms with Gasteiger partial charge in [-0.3, -0.25) is 9.48 Å². The zero-order valence-electron chi connectivity index (χ0n) is 11.2. The molecule has 1 aromatic heterocycles. The van der Waals surface area contributed by atoms with E-state index in [9.17, 15) is 4.79 Å². The Morgan fingerprint density at radius 2 is 2.53 bits per heavy atom. The van der Waals surface area contributed by atoms with E-state index in [2.05, 4.69) is 17.3 Å². The predicted octanol–water partition coefficient (Wildman–Crippen LogP) is 1.88. The summed E-state index contributed by atoms with van der Waals surface area (Å²) in [6.07, 6.45) is 7.86. The third-order valence-electron chi connectivity index (χ3n) is 3.85. The largest absolute Gasteiger partial charge is 0.368 e. The van der Waals surface area contributed by atoms with Gasteiger partial charge in [-0.2, -0.15) is 5.10 Å². The summed E-state index contributed by atoms with van der Waals surface area (Å²) in [5.41, 5.74) is 5.03. The number of nitrogens with two attached hydrogens (primary N) is 1. The van der Waals surface area contributed by atoms with Crippen LogP contribution in [0.5, 0.6) is 0 Å². The minimum atomic E-state index is -0.600. The van der Waals surface area contributed by atoms with Crippen molar-refractivity contribution in [1.29, 1.82) is 0 Å². The number of carbonyl (C=O) groups excluding carboxylic acids is 1. The van der Waals surface area contributed by atoms with Gasteiger partial charge in [-0.15, -0.1) is 0 Å². The summed E-state index contributed by atoms with van der Waals surface area (Å²) in [4.78, 5) is 11.9. The second-order valence-corrected chi connectivity index (χ2v) is 5.70. The van der Waals surface area contributed by atoms with Crippen molar-refractivity contribution in [3.05, 3.63) is 17.4 Å². The Hall–Kier alpha value is -1.07. The maximum Gasteiger partial charge on any atom is 0.237 e. The van der Waals surface area contributed by atoms with Gasteiger partial charge in [0, 0.05) is 6.20 Å². The first-order valence-electron chi connectivity index (χ1n) is 6.82. The molecular formula is C13H21ClN4O. The minimum absolute atomic E-state index is 0.179. The Kier molecular flexibility index (Phi) is 4.47. The third-order valence-corrected chi connectivity index (χ3v) is 4.05. The standard InChI is InChI=1S/C13H21ClN4O/c1-2-6-16-13(12(15)19)5-3-4-11(7-13)18-9-10(14)8-17-18/h8-9,11,16H,2-7H2,1H3,(H2,15,19). The van der Waals surface area contributed by atoms with Crippen molar-refractivity contribution >= 4 is 17.5 Å². The smallest absolute Gasteiger partial charge is 0.237 e. The van der Waals surface area contributed by atoms with E-state index in [4.69, 9.17) is 17.3 Å². The van der Waals surface area contributed by atoms with Crippen LogP contribution in [0.3, 0.4) is 0 Å². The van der Waals surface area contributed by atoms with Crippen molar-refractivity contribution in [3.8, 4) is 0 Å². The molecular weight excluding hydrogens is 264 g/mol. The van der Waals surface area contributed by atoms with Gasteiger partial charge in [-0.05, 0) is 38.6 Å². The number of hydrogen-bond donors (Lipinski definition) is 2. The highest BCUT2D eigenvalue weighted by Gasteiger charge is 2.41. The summed E-state index contributed by atoms with van der Waals surface area (Å²) in [6.45, 7) is 2.88. The molecule has 1 aromatic rings. The molecule has 1 amide bonds. The molecule has 1 fully saturated rings. The molecule has 106 valence electrons. The molecule has 0 bridgehead atoms. The van der Waals surface area contributed by atoms with E-state index < -0.39 is 5.54 Å². The summed E-state index contributed by atoms with van der Waals surface area (Å²) in [5, 5.41) is 8.21. The molecule has 2 rings (SSSR count). The van der Waals surface area contributed by atoms with E-state index in [-0.39, 0.29) is 11.9 Å². The summed E-state index contributed by atoms with van der Waals surface area (Å²) in [7, 11) is 0. The van der Waals surface area contributed by atoms with E-state index in [1.165, 1.54) is 0 Å². The van der Waals surface area contributed by atoms with Crippen LogP contribution in [0, 0.1) is 0 Å². The van der Waals surface area contributed by atoms with Crippen LogP contribution in [0.2, 0.25) is 5.02 Å². The molecule has 19 heavy (non-hydrogen) atoms. The van der Waals surface area contributed by atoms with E-state index in [1.807, 2.05) is 10.9 Å². The maximum absolute atomic E-state index is 11.9. The molecule has 2 atom stereocenters. The van der Waals surface area contributed by atoms with Crippen molar-refractivity contribution in [2.45, 2.75) is 50.6 Å². The lowest BCUT2D eigenvalue weighted by molar-refractivity contribution is -0.126. The summed E-state index contributed by atoms with van der Waals surface area (Å²) >= 11 is 5.91. The number of rotatable bonds is 5. The van der Waals surface area contributed by atoms with Crippen LogP contribution < -0.4 is 11.1 Å². The Morgan fingerprint density at radius 1 is 1.74 bits per heavy atom. The third kappa shape index (κ3) is 3.09. The normalized spacial score (nSPS) is 27.4. The van der Waals surface area contributed by atoms with Gasteiger partial charge in [-0.1, -0.05) is 18.5 Å². The second-order valence-electron chi connectivity index (χ2n) is 5.26. The van der Waals surface area contributed by atoms with Gasteiger partial charge in [0.15, 0.2) is 0 Å². The van der Waals surface area contributed by atoms with Gasteiger partial charge in [0.25, 0.3) is 0 Å². The number of hydrogen-bond acceptors (Lipinski definition) is 3. The molecule has 1 saturated carbocycles. The number of carbonyl (C=O) groups is 1. The highest BCUT2D eigenvalue weighted by atomic mass is 35.5. The monoisotopic (exact) mass is 284 g/mol. The fourth-order valence-electron chi connectivity index (χ4n) is 2.82. The average molecular weight is 285 g/mol. The fraction of sp³-hybridized carbons (Fsp3) is 0.692. The summed E-state index contributed by atoms with van der Waals surface area (Å²) in [6, 6.07) is 0.179. The Balaban J connectivity index is 2.15. The molecule has 1 aliphatic rings. The summed E-state index contributed by atoms with van der Waals surface area (Å²) < 4.78 is 1.85. The van der Waals surface area contributed by atoms with Crippen LogP contribution in [0.25, 0.3) is 0 Å². The lowest BCUT2D eigenvalue weighted by atomic mass is 9.78. The van der Waals surface area contributed by atoms with Crippen LogP contribution in [0.4, 0.5) is 0 Å². The van der Waals surface area contributed by atoms with Gasteiger partial charge in [0.2, 0.25) is 5.91 Å². The Morgan fingerprint density at radius 3 is 3.11 bits per heavy atom. The lowest BCUT2D eigenvalue weighted by Crippen LogP contribution is -2.58. The van der Waals surface area contributed by atoms with E-state index >= 15 is 0 Å². The Bertz CT molecular complexity index is 448. The molecule has 0 aromatic carbocycles. The van der Waals surface area contributed by atoms with Crippen LogP contribution in [-0.2, 0) is 4.79 Å². The van der Waals surface area contributed by atoms with Gasteiger partial charge < -0.3 is 11.1 Å². The van der Waals surface area contributed by atoms with Crippen molar-refractivity contribution in [3.63, 3.8) is 0 Å². The van der Waals surface area contributed by atoms with Gasteiger partial charge >= 0.3 is 0 Å². The first-order chi connectivity index (χ1) is 9.07. The van der Waals surface area contributed by atoms with Gasteiger partial charge in [0.1, 0.15) is 0 Å². The van der Waals surface area contributed by atoms with Crippen LogP contribution >= 0.6 is 11.6 Å². The summed E-state index contributed by atoms with van der Waals surface area (Å²) in [5.74, 6) is -0.260. The van der Waals surface area contributed by atoms with Crippen LogP contribution in [0.15, 0.2) is 12.4 Å². The molecule has 1 heterocycles. The topological polar surface area (TPSA) is 72.9 Å². The lowest BCUT2D eigenvalue weighted by Gasteiger charge is -2.39. The van der Waals surface area contributed by atoms with E-state index in [0.717, 1.165) is 32.2 Å². The number of nitrogens with zero attached hydrogens (tertiary/aromatic N) is 2. The molecule has 0 spiro atoms. The molecule has 3 N–H and O–H groups in total. The zero-order valence-corrected chi connectivity index (χ0v) is 12.0. The highest BCUT2D eigenvalue weighted by molar-refractivity contribution is 6.30. The molecule has 1 aliphatic carbocycles. The average Bonchev–Trinajstić information content (AvgIpc) is 2.83. The molecule has 5 nitrogen and oxygen atoms in total. The van der Waals surface area contributed by atoms with Crippen LogP contribution in [-0.4, -0.2) is 27.8 Å². The number of amides is 1. The van der Waals surface area contributed by atoms with E-state index in [1.54, 1.807) is 6.20 Å². The van der Waals surface area contributed by atoms with Crippen molar-refractivity contribution in [2.75, 3.05) is 6.54 Å². The SMILES string of the molecule is CCCNC1(C(N)=O)CCCC(n2cc(Cl)cn2)C1. The number of primary amides is 1. The van der Waals surface area contributed by atoms with Crippen molar-refractivity contribution < 1.29 is 4.79 Å². The maximum atomic E-state index is 11.9. The van der Waals surface area contributed by atoms with Gasteiger partial charge in [0.05, 0.1) is 22.8 Å². The highest BCUT2D eigenvalue weighted by Crippen LogP contribution is 2.35. The Labute approximate surface area is 118 Å². The minimum Gasteiger partial charge on any atom is -0.368 e.